The van der Waals surface area contributed by atoms with Crippen LogP contribution in [0.4, 0.5) is 5.69 Å². The molecule has 22 heavy (non-hydrogen) atoms. The van der Waals surface area contributed by atoms with Crippen LogP contribution in [-0.4, -0.2) is 18.0 Å². The summed E-state index contributed by atoms with van der Waals surface area (Å²) in [7, 11) is 1.58. The van der Waals surface area contributed by atoms with Crippen molar-refractivity contribution in [3.63, 3.8) is 0 Å². The molecule has 1 heterocycles. The number of fused-ring (bicyclic) bond motifs is 1. The first-order valence-electron chi connectivity index (χ1n) is 7.13. The van der Waals surface area contributed by atoms with Gasteiger partial charge in [0.05, 0.1) is 12.8 Å². The molecule has 0 aliphatic heterocycles. The van der Waals surface area contributed by atoms with Crippen molar-refractivity contribution in [3.8, 4) is 5.75 Å². The van der Waals surface area contributed by atoms with E-state index in [0.29, 0.717) is 17.1 Å². The Morgan fingerprint density at radius 1 is 1.14 bits per heavy atom. The Morgan fingerprint density at radius 2 is 1.91 bits per heavy atom. The monoisotopic (exact) mass is 294 g/mol. The lowest BCUT2D eigenvalue weighted by Crippen LogP contribution is -2.12. The van der Waals surface area contributed by atoms with Crippen LogP contribution >= 0.6 is 0 Å². The second-order valence-corrected chi connectivity index (χ2v) is 5.38. The number of aromatic nitrogens is 1. The number of hydrogen-bond acceptors (Lipinski definition) is 2. The number of para-hydroxylation sites is 2. The van der Waals surface area contributed by atoms with E-state index in [0.717, 1.165) is 16.5 Å². The SMILES string of the molecule is COc1ccccc1NC(=O)c1cc2c(C)cc(C)cc2[nH]1. The van der Waals surface area contributed by atoms with E-state index in [9.17, 15) is 4.79 Å². The zero-order chi connectivity index (χ0) is 15.7. The first kappa shape index (κ1) is 14.2. The fourth-order valence-corrected chi connectivity index (χ4v) is 2.66. The Morgan fingerprint density at radius 3 is 2.68 bits per heavy atom. The molecule has 112 valence electrons. The van der Waals surface area contributed by atoms with Crippen molar-refractivity contribution in [2.75, 3.05) is 12.4 Å². The first-order chi connectivity index (χ1) is 10.6. The molecular weight excluding hydrogens is 276 g/mol. The summed E-state index contributed by atoms with van der Waals surface area (Å²) < 4.78 is 5.25. The minimum Gasteiger partial charge on any atom is -0.495 e. The normalized spacial score (nSPS) is 10.7. The molecule has 0 atom stereocenters. The van der Waals surface area contributed by atoms with Crippen LogP contribution in [0.15, 0.2) is 42.5 Å². The van der Waals surface area contributed by atoms with Crippen molar-refractivity contribution in [1.82, 2.24) is 4.98 Å². The number of H-pyrrole nitrogens is 1. The molecule has 3 rings (SSSR count). The second-order valence-electron chi connectivity index (χ2n) is 5.38. The van der Waals surface area contributed by atoms with Crippen molar-refractivity contribution < 1.29 is 9.53 Å². The maximum Gasteiger partial charge on any atom is 0.272 e. The molecule has 2 N–H and O–H groups in total. The molecule has 0 aliphatic rings. The fraction of sp³-hybridized carbons (Fsp3) is 0.167. The van der Waals surface area contributed by atoms with Gasteiger partial charge in [0.25, 0.3) is 5.91 Å². The number of hydrogen-bond donors (Lipinski definition) is 2. The first-order valence-corrected chi connectivity index (χ1v) is 7.13. The van der Waals surface area contributed by atoms with Gasteiger partial charge in [0.1, 0.15) is 11.4 Å². The minimum absolute atomic E-state index is 0.183. The van der Waals surface area contributed by atoms with E-state index in [1.54, 1.807) is 7.11 Å². The predicted octanol–water partition coefficient (Wildman–Crippen LogP) is 4.05. The Bertz CT molecular complexity index is 849. The van der Waals surface area contributed by atoms with Crippen molar-refractivity contribution in [2.24, 2.45) is 0 Å². The van der Waals surface area contributed by atoms with Gasteiger partial charge in [-0.15, -0.1) is 0 Å². The van der Waals surface area contributed by atoms with Crippen molar-refractivity contribution in [2.45, 2.75) is 13.8 Å². The van der Waals surface area contributed by atoms with Gasteiger partial charge in [-0.1, -0.05) is 18.2 Å². The minimum atomic E-state index is -0.183. The molecule has 0 aliphatic carbocycles. The van der Waals surface area contributed by atoms with E-state index in [1.807, 2.05) is 50.2 Å². The molecule has 1 amide bonds. The van der Waals surface area contributed by atoms with Crippen LogP contribution in [-0.2, 0) is 0 Å². The summed E-state index contributed by atoms with van der Waals surface area (Å²) in [5.74, 6) is 0.455. The number of nitrogens with one attached hydrogen (secondary N) is 2. The van der Waals surface area contributed by atoms with Crippen LogP contribution in [0.3, 0.4) is 0 Å². The fourth-order valence-electron chi connectivity index (χ4n) is 2.66. The Hall–Kier alpha value is -2.75. The molecule has 2 aromatic carbocycles. The van der Waals surface area contributed by atoms with Gasteiger partial charge in [-0.3, -0.25) is 4.79 Å². The molecule has 0 saturated heterocycles. The van der Waals surface area contributed by atoms with Gasteiger partial charge in [0.15, 0.2) is 0 Å². The summed E-state index contributed by atoms with van der Waals surface area (Å²) in [5.41, 5.74) is 4.49. The summed E-state index contributed by atoms with van der Waals surface area (Å²) in [6.45, 7) is 4.09. The van der Waals surface area contributed by atoms with Gasteiger partial charge >= 0.3 is 0 Å². The van der Waals surface area contributed by atoms with Crippen LogP contribution in [0, 0.1) is 13.8 Å². The lowest BCUT2D eigenvalue weighted by molar-refractivity contribution is 0.102. The van der Waals surface area contributed by atoms with Crippen LogP contribution < -0.4 is 10.1 Å². The number of anilines is 1. The number of ether oxygens (including phenoxy) is 1. The van der Waals surface area contributed by atoms with Gasteiger partial charge in [-0.05, 0) is 49.2 Å². The topological polar surface area (TPSA) is 54.1 Å². The Labute approximate surface area is 129 Å². The molecule has 1 aromatic heterocycles. The second kappa shape index (κ2) is 5.56. The van der Waals surface area contributed by atoms with Crippen LogP contribution in [0.25, 0.3) is 10.9 Å². The third kappa shape index (κ3) is 2.55. The predicted molar refractivity (Wildman–Crippen MR) is 88.7 cm³/mol. The molecule has 0 unspecified atom stereocenters. The van der Waals surface area contributed by atoms with E-state index in [-0.39, 0.29) is 5.91 Å². The summed E-state index contributed by atoms with van der Waals surface area (Å²) in [6.07, 6.45) is 0. The molecule has 0 fully saturated rings. The van der Waals surface area contributed by atoms with E-state index in [4.69, 9.17) is 4.74 Å². The van der Waals surface area contributed by atoms with Gasteiger partial charge in [0, 0.05) is 10.9 Å². The smallest absolute Gasteiger partial charge is 0.272 e. The van der Waals surface area contributed by atoms with Crippen LogP contribution in [0.5, 0.6) is 5.75 Å². The third-order valence-corrected chi connectivity index (χ3v) is 3.69. The molecule has 0 saturated carbocycles. The third-order valence-electron chi connectivity index (χ3n) is 3.69. The molecule has 3 aromatic rings. The average molecular weight is 294 g/mol. The Kier molecular flexibility index (Phi) is 3.59. The van der Waals surface area contributed by atoms with Gasteiger partial charge < -0.3 is 15.0 Å². The summed E-state index contributed by atoms with van der Waals surface area (Å²) in [4.78, 5) is 15.6. The largest absolute Gasteiger partial charge is 0.495 e. The van der Waals surface area contributed by atoms with Crippen LogP contribution in [0.2, 0.25) is 0 Å². The van der Waals surface area contributed by atoms with Crippen molar-refractivity contribution in [3.05, 3.63) is 59.3 Å². The van der Waals surface area contributed by atoms with E-state index in [1.165, 1.54) is 5.56 Å². The highest BCUT2D eigenvalue weighted by atomic mass is 16.5. The lowest BCUT2D eigenvalue weighted by Gasteiger charge is -2.08. The highest BCUT2D eigenvalue weighted by Crippen LogP contribution is 2.25. The number of carbonyl (C=O) groups excluding carboxylic acids is 1. The maximum atomic E-state index is 12.5. The summed E-state index contributed by atoms with van der Waals surface area (Å²) in [6, 6.07) is 13.4. The van der Waals surface area contributed by atoms with Gasteiger partial charge in [-0.25, -0.2) is 0 Å². The van der Waals surface area contributed by atoms with Gasteiger partial charge in [0.2, 0.25) is 0 Å². The standard InChI is InChI=1S/C18H18N2O2/c1-11-8-12(2)13-10-16(19-15(13)9-11)18(21)20-14-6-4-5-7-17(14)22-3/h4-10,19H,1-3H3,(H,20,21). The Balaban J connectivity index is 1.94. The maximum absolute atomic E-state index is 12.5. The summed E-state index contributed by atoms with van der Waals surface area (Å²) >= 11 is 0. The number of aromatic amines is 1. The average Bonchev–Trinajstić information content (AvgIpc) is 2.92. The lowest BCUT2D eigenvalue weighted by atomic mass is 10.1. The van der Waals surface area contributed by atoms with E-state index < -0.39 is 0 Å². The molecule has 4 heteroatoms. The number of benzene rings is 2. The van der Waals surface area contributed by atoms with Crippen molar-refractivity contribution in [1.29, 1.82) is 0 Å². The molecule has 0 radical (unpaired) electrons. The zero-order valence-electron chi connectivity index (χ0n) is 12.9. The quantitative estimate of drug-likeness (QED) is 0.765. The highest BCUT2D eigenvalue weighted by molar-refractivity contribution is 6.06. The van der Waals surface area contributed by atoms with E-state index >= 15 is 0 Å². The van der Waals surface area contributed by atoms with E-state index in [2.05, 4.69) is 16.4 Å². The number of methoxy groups -OCH3 is 1. The highest BCUT2D eigenvalue weighted by Gasteiger charge is 2.13. The van der Waals surface area contributed by atoms with Crippen LogP contribution in [0.1, 0.15) is 21.6 Å². The number of amides is 1. The molecule has 0 bridgehead atoms. The summed E-state index contributed by atoms with van der Waals surface area (Å²) in [5, 5.41) is 3.94. The number of aryl methyl sites for hydroxylation is 2. The zero-order valence-corrected chi connectivity index (χ0v) is 12.9. The number of carbonyl (C=O) groups is 1. The number of rotatable bonds is 3. The van der Waals surface area contributed by atoms with Crippen molar-refractivity contribution >= 4 is 22.5 Å². The molecule has 4 nitrogen and oxygen atoms in total. The molecular formula is C18H18N2O2. The molecule has 0 spiro atoms. The van der Waals surface area contributed by atoms with Gasteiger partial charge in [-0.2, -0.15) is 0 Å².